The van der Waals surface area contributed by atoms with E-state index < -0.39 is 17.7 Å². The number of benzene rings is 1. The van der Waals surface area contributed by atoms with Gasteiger partial charge in [0.2, 0.25) is 0 Å². The molecule has 1 aliphatic rings. The van der Waals surface area contributed by atoms with E-state index in [1.807, 2.05) is 46.8 Å². The molecule has 2 heterocycles. The van der Waals surface area contributed by atoms with Crippen molar-refractivity contribution in [2.45, 2.75) is 72.0 Å². The topological polar surface area (TPSA) is 79.7 Å². The fourth-order valence-corrected chi connectivity index (χ4v) is 5.77. The van der Waals surface area contributed by atoms with Crippen LogP contribution in [0.5, 0.6) is 5.75 Å². The highest BCUT2D eigenvalue weighted by atomic mass is 32.1. The van der Waals surface area contributed by atoms with E-state index in [1.54, 1.807) is 17.4 Å². The Kier molecular flexibility index (Phi) is 5.56. The molecule has 0 saturated carbocycles. The van der Waals surface area contributed by atoms with Gasteiger partial charge in [-0.25, -0.2) is 9.78 Å². The Hall–Kier alpha value is -2.44. The first-order valence-electron chi connectivity index (χ1n) is 10.7. The van der Waals surface area contributed by atoms with Crippen molar-refractivity contribution in [3.63, 3.8) is 0 Å². The van der Waals surface area contributed by atoms with E-state index in [0.29, 0.717) is 16.8 Å². The molecule has 0 fully saturated rings. The minimum Gasteiger partial charge on any atom is -0.507 e. The van der Waals surface area contributed by atoms with E-state index >= 15 is 0 Å². The normalized spacial score (nSPS) is 15.1. The number of rotatable bonds is 4. The molecule has 0 saturated heterocycles. The largest absolute Gasteiger partial charge is 0.507 e. The molecule has 0 unspecified atom stereocenters. The molecule has 1 aliphatic carbocycles. The number of carboxylic acid groups (broad SMARTS) is 1. The second-order valence-electron chi connectivity index (χ2n) is 9.35. The van der Waals surface area contributed by atoms with Crippen molar-refractivity contribution in [1.29, 1.82) is 0 Å². The van der Waals surface area contributed by atoms with E-state index in [4.69, 9.17) is 9.72 Å². The SMILES string of the molecule is Cc1ccc(-c2c([C@@H](OC(C)(C)C)C(=O)O)c(C)nc3sc4c(c23)CCCC4)c(O)c1. The summed E-state index contributed by atoms with van der Waals surface area (Å²) in [7, 11) is 0. The third-order valence-electron chi connectivity index (χ3n) is 5.71. The van der Waals surface area contributed by atoms with Gasteiger partial charge in [0, 0.05) is 32.6 Å². The van der Waals surface area contributed by atoms with Gasteiger partial charge in [0.15, 0.2) is 6.10 Å². The summed E-state index contributed by atoms with van der Waals surface area (Å²) in [6, 6.07) is 5.55. The van der Waals surface area contributed by atoms with Gasteiger partial charge in [0.25, 0.3) is 0 Å². The Bertz CT molecular complexity index is 1170. The fourth-order valence-electron chi connectivity index (χ4n) is 4.46. The molecule has 0 bridgehead atoms. The number of aromatic nitrogens is 1. The maximum absolute atomic E-state index is 12.4. The molecule has 2 N–H and O–H groups in total. The predicted molar refractivity (Wildman–Crippen MR) is 124 cm³/mol. The number of carboxylic acids is 1. The average Bonchev–Trinajstić information content (AvgIpc) is 3.02. The van der Waals surface area contributed by atoms with Gasteiger partial charge in [-0.1, -0.05) is 12.1 Å². The van der Waals surface area contributed by atoms with Crippen LogP contribution in [0.3, 0.4) is 0 Å². The number of aliphatic carboxylic acids is 1. The molecule has 164 valence electrons. The number of thiophene rings is 1. The molecule has 0 radical (unpaired) electrons. The molecule has 1 aromatic carbocycles. The zero-order valence-corrected chi connectivity index (χ0v) is 19.5. The number of nitrogens with zero attached hydrogens (tertiary/aromatic N) is 1. The number of aryl methyl sites for hydroxylation is 4. The van der Waals surface area contributed by atoms with Gasteiger partial charge in [-0.05, 0) is 77.5 Å². The molecule has 31 heavy (non-hydrogen) atoms. The lowest BCUT2D eigenvalue weighted by Crippen LogP contribution is -2.28. The summed E-state index contributed by atoms with van der Waals surface area (Å²) < 4.78 is 6.04. The standard InChI is InChI=1S/C25H29NO4S/c1-13-10-11-15(17(27)12-13)20-19(22(24(28)29)30-25(3,4)5)14(2)26-23-21(20)16-8-6-7-9-18(16)31-23/h10-12,22,27H,6-9H2,1-5H3,(H,28,29)/t22-/m1/s1. The van der Waals surface area contributed by atoms with Crippen LogP contribution in [-0.4, -0.2) is 26.8 Å². The van der Waals surface area contributed by atoms with Gasteiger partial charge in [-0.3, -0.25) is 0 Å². The summed E-state index contributed by atoms with van der Waals surface area (Å²) in [5.41, 5.74) is 4.05. The Morgan fingerprint density at radius 2 is 1.90 bits per heavy atom. The summed E-state index contributed by atoms with van der Waals surface area (Å²) >= 11 is 1.69. The maximum atomic E-state index is 12.4. The molecule has 4 rings (SSSR count). The number of phenols is 1. The highest BCUT2D eigenvalue weighted by Gasteiger charge is 2.34. The number of hydrogen-bond acceptors (Lipinski definition) is 5. The van der Waals surface area contributed by atoms with Crippen LogP contribution >= 0.6 is 11.3 Å². The third-order valence-corrected chi connectivity index (χ3v) is 6.90. The third kappa shape index (κ3) is 4.06. The first-order chi connectivity index (χ1) is 14.6. The fraction of sp³-hybridized carbons (Fsp3) is 0.440. The van der Waals surface area contributed by atoms with Crippen molar-refractivity contribution >= 4 is 27.5 Å². The number of hydrogen-bond donors (Lipinski definition) is 2. The summed E-state index contributed by atoms with van der Waals surface area (Å²) in [4.78, 5) is 19.5. The minimum atomic E-state index is -1.19. The molecule has 5 nitrogen and oxygen atoms in total. The second-order valence-corrected chi connectivity index (χ2v) is 10.4. The lowest BCUT2D eigenvalue weighted by molar-refractivity contribution is -0.160. The van der Waals surface area contributed by atoms with Crippen molar-refractivity contribution in [3.05, 3.63) is 45.5 Å². The van der Waals surface area contributed by atoms with Crippen LogP contribution in [0.15, 0.2) is 18.2 Å². The zero-order chi connectivity index (χ0) is 22.5. The summed E-state index contributed by atoms with van der Waals surface area (Å²) in [6.45, 7) is 9.30. The van der Waals surface area contributed by atoms with Gasteiger partial charge in [-0.15, -0.1) is 11.3 Å². The predicted octanol–water partition coefficient (Wildman–Crippen LogP) is 6.11. The van der Waals surface area contributed by atoms with Crippen LogP contribution in [0.2, 0.25) is 0 Å². The Morgan fingerprint density at radius 3 is 2.55 bits per heavy atom. The molecule has 6 heteroatoms. The number of fused-ring (bicyclic) bond motifs is 3. The first kappa shape index (κ1) is 21.8. The Balaban J connectivity index is 2.12. The number of carbonyl (C=O) groups is 1. The van der Waals surface area contributed by atoms with Crippen LogP contribution in [0.4, 0.5) is 0 Å². The molecular weight excluding hydrogens is 410 g/mol. The van der Waals surface area contributed by atoms with E-state index in [2.05, 4.69) is 0 Å². The molecule has 3 aromatic rings. The highest BCUT2D eigenvalue weighted by molar-refractivity contribution is 7.19. The lowest BCUT2D eigenvalue weighted by Gasteiger charge is -2.28. The second kappa shape index (κ2) is 7.92. The van der Waals surface area contributed by atoms with Crippen LogP contribution in [0.1, 0.15) is 67.0 Å². The molecule has 1 atom stereocenters. The molecule has 0 amide bonds. The van der Waals surface area contributed by atoms with Crippen LogP contribution in [0.25, 0.3) is 21.3 Å². The van der Waals surface area contributed by atoms with Gasteiger partial charge in [-0.2, -0.15) is 0 Å². The molecule has 0 spiro atoms. The summed E-state index contributed by atoms with van der Waals surface area (Å²) in [6.07, 6.45) is 3.03. The van der Waals surface area contributed by atoms with Gasteiger partial charge >= 0.3 is 5.97 Å². The first-order valence-corrected chi connectivity index (χ1v) is 11.5. The van der Waals surface area contributed by atoms with Crippen molar-refractivity contribution in [2.24, 2.45) is 0 Å². The Morgan fingerprint density at radius 1 is 1.19 bits per heavy atom. The maximum Gasteiger partial charge on any atom is 0.337 e. The number of aromatic hydroxyl groups is 1. The number of ether oxygens (including phenoxy) is 1. The van der Waals surface area contributed by atoms with E-state index in [1.165, 1.54) is 10.4 Å². The quantitative estimate of drug-likeness (QED) is 0.513. The lowest BCUT2D eigenvalue weighted by atomic mass is 9.87. The molecule has 0 aliphatic heterocycles. The van der Waals surface area contributed by atoms with Crippen molar-refractivity contribution in [2.75, 3.05) is 0 Å². The number of pyridine rings is 1. The van der Waals surface area contributed by atoms with Gasteiger partial charge < -0.3 is 14.9 Å². The number of phenolic OH excluding ortho intramolecular Hbond substituents is 1. The van der Waals surface area contributed by atoms with Crippen molar-refractivity contribution in [3.8, 4) is 16.9 Å². The zero-order valence-electron chi connectivity index (χ0n) is 18.7. The summed E-state index contributed by atoms with van der Waals surface area (Å²) in [5.74, 6) is -0.917. The van der Waals surface area contributed by atoms with Crippen LogP contribution in [-0.2, 0) is 22.4 Å². The summed E-state index contributed by atoms with van der Waals surface area (Å²) in [5, 5.41) is 22.0. The van der Waals surface area contributed by atoms with Gasteiger partial charge in [0.1, 0.15) is 10.6 Å². The van der Waals surface area contributed by atoms with Gasteiger partial charge in [0.05, 0.1) is 5.60 Å². The molecule has 2 aromatic heterocycles. The monoisotopic (exact) mass is 439 g/mol. The highest BCUT2D eigenvalue weighted by Crippen LogP contribution is 2.47. The van der Waals surface area contributed by atoms with Crippen molar-refractivity contribution in [1.82, 2.24) is 4.98 Å². The average molecular weight is 440 g/mol. The minimum absolute atomic E-state index is 0.142. The molecular formula is C25H29NO4S. The van der Waals surface area contributed by atoms with E-state index in [0.717, 1.165) is 47.0 Å². The van der Waals surface area contributed by atoms with Crippen molar-refractivity contribution < 1.29 is 19.7 Å². The van der Waals surface area contributed by atoms with Crippen LogP contribution in [0, 0.1) is 13.8 Å². The smallest absolute Gasteiger partial charge is 0.337 e. The van der Waals surface area contributed by atoms with E-state index in [-0.39, 0.29) is 5.75 Å². The van der Waals surface area contributed by atoms with E-state index in [9.17, 15) is 15.0 Å². The Labute approximate surface area is 186 Å². The van der Waals surface area contributed by atoms with Crippen LogP contribution < -0.4 is 0 Å².